The third-order valence-electron chi connectivity index (χ3n) is 3.80. The van der Waals surface area contributed by atoms with Gasteiger partial charge in [0.2, 0.25) is 11.7 Å². The Morgan fingerprint density at radius 2 is 2.04 bits per heavy atom. The second-order valence-corrected chi connectivity index (χ2v) is 5.60. The van der Waals surface area contributed by atoms with Crippen molar-refractivity contribution in [2.75, 3.05) is 6.54 Å². The maximum absolute atomic E-state index is 13.2. The van der Waals surface area contributed by atoms with Gasteiger partial charge in [0.1, 0.15) is 5.69 Å². The van der Waals surface area contributed by atoms with Crippen molar-refractivity contribution in [2.45, 2.75) is 18.4 Å². The number of rotatable bonds is 3. The maximum atomic E-state index is 13.2. The standard InChI is InChI=1S/C16H13F2N5O/c17-16(18)7-13(21-9-16)15-22-14(23-24-15)12-5-4-10(8-20-12)11-3-1-2-6-19-11/h1-6,8,13,21H,7,9H2/t13-/m1/s1. The Hall–Kier alpha value is -2.74. The van der Waals surface area contributed by atoms with Gasteiger partial charge in [-0.2, -0.15) is 4.98 Å². The number of halogens is 2. The fraction of sp³-hybridized carbons (Fsp3) is 0.250. The van der Waals surface area contributed by atoms with Gasteiger partial charge < -0.3 is 4.52 Å². The second-order valence-electron chi connectivity index (χ2n) is 5.60. The highest BCUT2D eigenvalue weighted by atomic mass is 19.3. The van der Waals surface area contributed by atoms with Gasteiger partial charge in [0.25, 0.3) is 5.92 Å². The van der Waals surface area contributed by atoms with E-state index < -0.39 is 12.0 Å². The smallest absolute Gasteiger partial charge is 0.262 e. The first kappa shape index (κ1) is 14.8. The molecule has 1 atom stereocenters. The summed E-state index contributed by atoms with van der Waals surface area (Å²) in [7, 11) is 0. The number of hydrogen-bond donors (Lipinski definition) is 1. The molecule has 122 valence electrons. The number of pyridine rings is 2. The summed E-state index contributed by atoms with van der Waals surface area (Å²) >= 11 is 0. The molecule has 4 heterocycles. The first-order valence-corrected chi connectivity index (χ1v) is 7.43. The third-order valence-corrected chi connectivity index (χ3v) is 3.80. The lowest BCUT2D eigenvalue weighted by molar-refractivity contribution is 0.0200. The fourth-order valence-electron chi connectivity index (χ4n) is 2.58. The van der Waals surface area contributed by atoms with Crippen molar-refractivity contribution in [2.24, 2.45) is 0 Å². The van der Waals surface area contributed by atoms with Crippen molar-refractivity contribution in [3.8, 4) is 22.8 Å². The van der Waals surface area contributed by atoms with Gasteiger partial charge in [0, 0.05) is 24.4 Å². The average molecular weight is 329 g/mol. The summed E-state index contributed by atoms with van der Waals surface area (Å²) in [4.78, 5) is 12.7. The molecule has 0 aliphatic carbocycles. The summed E-state index contributed by atoms with van der Waals surface area (Å²) in [6, 6.07) is 8.58. The van der Waals surface area contributed by atoms with Gasteiger partial charge >= 0.3 is 0 Å². The third kappa shape index (κ3) is 2.88. The average Bonchev–Trinajstić information content (AvgIpc) is 3.22. The molecule has 8 heteroatoms. The van der Waals surface area contributed by atoms with Gasteiger partial charge in [-0.3, -0.25) is 15.3 Å². The first-order valence-electron chi connectivity index (χ1n) is 7.43. The molecule has 3 aromatic rings. The molecule has 0 radical (unpaired) electrons. The molecular weight excluding hydrogens is 316 g/mol. The van der Waals surface area contributed by atoms with Crippen molar-refractivity contribution >= 4 is 0 Å². The van der Waals surface area contributed by atoms with E-state index >= 15 is 0 Å². The van der Waals surface area contributed by atoms with Gasteiger partial charge in [-0.25, -0.2) is 8.78 Å². The molecule has 1 aliphatic heterocycles. The van der Waals surface area contributed by atoms with E-state index in [1.54, 1.807) is 18.5 Å². The van der Waals surface area contributed by atoms with Crippen LogP contribution in [-0.4, -0.2) is 32.6 Å². The molecule has 1 N–H and O–H groups in total. The minimum absolute atomic E-state index is 0.151. The molecule has 1 fully saturated rings. The lowest BCUT2D eigenvalue weighted by atomic mass is 10.2. The minimum atomic E-state index is -2.75. The van der Waals surface area contributed by atoms with Crippen LogP contribution in [0.2, 0.25) is 0 Å². The number of nitrogens with zero attached hydrogens (tertiary/aromatic N) is 4. The second kappa shape index (κ2) is 5.72. The van der Waals surface area contributed by atoms with Crippen molar-refractivity contribution in [1.29, 1.82) is 0 Å². The number of alkyl halides is 2. The summed E-state index contributed by atoms with van der Waals surface area (Å²) < 4.78 is 31.6. The Bertz CT molecular complexity index is 835. The fourth-order valence-corrected chi connectivity index (χ4v) is 2.58. The van der Waals surface area contributed by atoms with E-state index in [0.717, 1.165) is 11.3 Å². The summed E-state index contributed by atoms with van der Waals surface area (Å²) in [5.41, 5.74) is 2.18. The summed E-state index contributed by atoms with van der Waals surface area (Å²) in [6.45, 7) is -0.383. The van der Waals surface area contributed by atoms with E-state index in [1.807, 2.05) is 24.3 Å². The number of nitrogens with one attached hydrogen (secondary N) is 1. The predicted octanol–water partition coefficient (Wildman–Crippen LogP) is 2.86. The molecule has 0 aromatic carbocycles. The van der Waals surface area contributed by atoms with E-state index in [1.165, 1.54) is 0 Å². The minimum Gasteiger partial charge on any atom is -0.337 e. The molecule has 3 aromatic heterocycles. The summed E-state index contributed by atoms with van der Waals surface area (Å²) in [5.74, 6) is -2.32. The molecule has 0 unspecified atom stereocenters. The molecule has 0 bridgehead atoms. The SMILES string of the molecule is FC1(F)CN[C@@H](c2nc(-c3ccc(-c4ccccn4)cn3)no2)C1. The molecule has 1 saturated heterocycles. The zero-order valence-electron chi connectivity index (χ0n) is 12.5. The van der Waals surface area contributed by atoms with Crippen LogP contribution in [0.4, 0.5) is 8.78 Å². The molecule has 1 aliphatic rings. The Kier molecular flexibility index (Phi) is 3.53. The summed E-state index contributed by atoms with van der Waals surface area (Å²) in [5, 5.41) is 6.52. The van der Waals surface area contributed by atoms with Crippen molar-refractivity contribution in [1.82, 2.24) is 25.4 Å². The molecule has 6 nitrogen and oxygen atoms in total. The zero-order chi connectivity index (χ0) is 16.6. The van der Waals surface area contributed by atoms with Crippen molar-refractivity contribution in [3.05, 3.63) is 48.6 Å². The molecule has 0 spiro atoms. The Morgan fingerprint density at radius 3 is 2.71 bits per heavy atom. The molecule has 4 rings (SSSR count). The molecule has 24 heavy (non-hydrogen) atoms. The van der Waals surface area contributed by atoms with Gasteiger partial charge in [-0.15, -0.1) is 0 Å². The van der Waals surface area contributed by atoms with E-state index in [-0.39, 0.29) is 24.7 Å². The van der Waals surface area contributed by atoms with Crippen LogP contribution < -0.4 is 5.32 Å². The zero-order valence-corrected chi connectivity index (χ0v) is 12.5. The van der Waals surface area contributed by atoms with Crippen LogP contribution in [-0.2, 0) is 0 Å². The highest BCUT2D eigenvalue weighted by molar-refractivity contribution is 5.60. The number of aromatic nitrogens is 4. The van der Waals surface area contributed by atoms with Gasteiger partial charge in [-0.05, 0) is 24.3 Å². The lowest BCUT2D eigenvalue weighted by Gasteiger charge is -2.04. The van der Waals surface area contributed by atoms with Crippen LogP contribution in [0.15, 0.2) is 47.2 Å². The molecule has 0 amide bonds. The topological polar surface area (TPSA) is 76.7 Å². The Morgan fingerprint density at radius 1 is 1.12 bits per heavy atom. The molecular formula is C16H13F2N5O. The van der Waals surface area contributed by atoms with Crippen LogP contribution in [0.3, 0.4) is 0 Å². The highest BCUT2D eigenvalue weighted by Crippen LogP contribution is 2.33. The normalized spacial score (nSPS) is 19.5. The highest BCUT2D eigenvalue weighted by Gasteiger charge is 2.42. The van der Waals surface area contributed by atoms with Crippen LogP contribution in [0.5, 0.6) is 0 Å². The van der Waals surface area contributed by atoms with Crippen LogP contribution >= 0.6 is 0 Å². The van der Waals surface area contributed by atoms with Crippen molar-refractivity contribution in [3.63, 3.8) is 0 Å². The lowest BCUT2D eigenvalue weighted by Crippen LogP contribution is -2.19. The van der Waals surface area contributed by atoms with E-state index in [2.05, 4.69) is 25.4 Å². The largest absolute Gasteiger partial charge is 0.337 e. The van der Waals surface area contributed by atoms with E-state index in [9.17, 15) is 8.78 Å². The van der Waals surface area contributed by atoms with Crippen molar-refractivity contribution < 1.29 is 13.3 Å². The molecule has 0 saturated carbocycles. The van der Waals surface area contributed by atoms with Gasteiger partial charge in [0.05, 0.1) is 18.3 Å². The monoisotopic (exact) mass is 329 g/mol. The van der Waals surface area contributed by atoms with E-state index in [0.29, 0.717) is 5.69 Å². The van der Waals surface area contributed by atoms with Crippen LogP contribution in [0.25, 0.3) is 22.8 Å². The van der Waals surface area contributed by atoms with E-state index in [4.69, 9.17) is 4.52 Å². The van der Waals surface area contributed by atoms with Gasteiger partial charge in [-0.1, -0.05) is 11.2 Å². The number of hydrogen-bond acceptors (Lipinski definition) is 6. The van der Waals surface area contributed by atoms with Crippen LogP contribution in [0, 0.1) is 0 Å². The predicted molar refractivity (Wildman–Crippen MR) is 81.1 cm³/mol. The maximum Gasteiger partial charge on any atom is 0.262 e. The first-order chi connectivity index (χ1) is 11.6. The quantitative estimate of drug-likeness (QED) is 0.796. The van der Waals surface area contributed by atoms with Gasteiger partial charge in [0.15, 0.2) is 0 Å². The van der Waals surface area contributed by atoms with Crippen LogP contribution in [0.1, 0.15) is 18.4 Å². The Labute approximate surface area is 136 Å². The Balaban J connectivity index is 1.55. The summed E-state index contributed by atoms with van der Waals surface area (Å²) in [6.07, 6.45) is 3.02.